The third-order valence-corrected chi connectivity index (χ3v) is 4.66. The molecule has 2 aromatic rings. The highest BCUT2D eigenvalue weighted by atomic mass is 35.5. The Morgan fingerprint density at radius 1 is 1.19 bits per heavy atom. The molecule has 1 N–H and O–H groups in total. The van der Waals surface area contributed by atoms with Crippen molar-refractivity contribution in [3.05, 3.63) is 47.2 Å². The molecule has 3 rings (SSSR count). The molecule has 1 aliphatic rings. The van der Waals surface area contributed by atoms with E-state index in [0.717, 1.165) is 6.26 Å². The molecule has 9 heteroatoms. The third kappa shape index (κ3) is 3.47. The number of hydrogen-bond acceptors (Lipinski definition) is 4. The maximum atomic E-state index is 13.3. The molecule has 0 saturated carbocycles. The largest absolute Gasteiger partial charge is 0.476 e. The number of rotatable bonds is 3. The lowest BCUT2D eigenvalue weighted by Gasteiger charge is -2.39. The standard InChI is InChI=1S/C17H16ClFN2O4S/c1-17(2)16(22)21(11-6-4-10(19)5-7-11)14-8-12(18)13(9-15(14)25-17)20-26(3,23)24/h4-9,20H,1-3H3. The number of fused-ring (bicyclic) bond motifs is 1. The summed E-state index contributed by atoms with van der Waals surface area (Å²) in [6.07, 6.45) is 1.00. The first-order valence-electron chi connectivity index (χ1n) is 7.58. The highest BCUT2D eigenvalue weighted by Crippen LogP contribution is 2.45. The van der Waals surface area contributed by atoms with Gasteiger partial charge >= 0.3 is 0 Å². The first kappa shape index (κ1) is 18.5. The van der Waals surface area contributed by atoms with Crippen LogP contribution in [0.25, 0.3) is 0 Å². The number of carbonyl (C=O) groups excluding carboxylic acids is 1. The molecule has 0 atom stereocenters. The number of hydrogen-bond donors (Lipinski definition) is 1. The van der Waals surface area contributed by atoms with Crippen molar-refractivity contribution in [2.75, 3.05) is 15.9 Å². The average molecular weight is 399 g/mol. The van der Waals surface area contributed by atoms with Crippen LogP contribution in [0.2, 0.25) is 5.02 Å². The Morgan fingerprint density at radius 3 is 2.38 bits per heavy atom. The van der Waals surface area contributed by atoms with Gasteiger partial charge in [-0.25, -0.2) is 12.8 Å². The highest BCUT2D eigenvalue weighted by molar-refractivity contribution is 7.92. The Kier molecular flexibility index (Phi) is 4.36. The molecule has 26 heavy (non-hydrogen) atoms. The van der Waals surface area contributed by atoms with E-state index in [-0.39, 0.29) is 22.4 Å². The van der Waals surface area contributed by atoms with E-state index in [2.05, 4.69) is 4.72 Å². The van der Waals surface area contributed by atoms with Crippen LogP contribution in [0.1, 0.15) is 13.8 Å². The lowest BCUT2D eigenvalue weighted by atomic mass is 10.0. The number of sulfonamides is 1. The second-order valence-electron chi connectivity index (χ2n) is 6.40. The van der Waals surface area contributed by atoms with E-state index in [9.17, 15) is 17.6 Å². The molecule has 1 heterocycles. The molecule has 6 nitrogen and oxygen atoms in total. The van der Waals surface area contributed by atoms with E-state index in [0.29, 0.717) is 11.4 Å². The molecule has 2 aromatic carbocycles. The normalized spacial score (nSPS) is 16.0. The first-order chi connectivity index (χ1) is 12.0. The first-order valence-corrected chi connectivity index (χ1v) is 9.85. The summed E-state index contributed by atoms with van der Waals surface area (Å²) in [5.41, 5.74) is -0.298. The van der Waals surface area contributed by atoms with Crippen LogP contribution in [0.5, 0.6) is 5.75 Å². The third-order valence-electron chi connectivity index (χ3n) is 3.75. The van der Waals surface area contributed by atoms with Crippen LogP contribution in [0.3, 0.4) is 0 Å². The lowest BCUT2D eigenvalue weighted by Crippen LogP contribution is -2.50. The Labute approximate surface area is 155 Å². The second kappa shape index (κ2) is 6.14. The van der Waals surface area contributed by atoms with Gasteiger partial charge in [0.1, 0.15) is 11.6 Å². The molecule has 0 bridgehead atoms. The lowest BCUT2D eigenvalue weighted by molar-refractivity contribution is -0.131. The number of ether oxygens (including phenoxy) is 1. The van der Waals surface area contributed by atoms with Gasteiger partial charge in [-0.3, -0.25) is 14.4 Å². The van der Waals surface area contributed by atoms with Crippen molar-refractivity contribution in [2.24, 2.45) is 0 Å². The minimum Gasteiger partial charge on any atom is -0.476 e. The van der Waals surface area contributed by atoms with Crippen LogP contribution in [0, 0.1) is 5.82 Å². The average Bonchev–Trinajstić information content (AvgIpc) is 2.50. The van der Waals surface area contributed by atoms with Crippen molar-refractivity contribution in [3.8, 4) is 5.75 Å². The van der Waals surface area contributed by atoms with Gasteiger partial charge in [0.05, 0.1) is 22.7 Å². The van der Waals surface area contributed by atoms with Gasteiger partial charge in [-0.15, -0.1) is 0 Å². The van der Waals surface area contributed by atoms with Crippen LogP contribution in [0.4, 0.5) is 21.5 Å². The molecule has 0 aromatic heterocycles. The second-order valence-corrected chi connectivity index (χ2v) is 8.56. The van der Waals surface area contributed by atoms with Gasteiger partial charge in [0.15, 0.2) is 5.60 Å². The molecular weight excluding hydrogens is 383 g/mol. The predicted octanol–water partition coefficient (Wildman–Crippen LogP) is 3.69. The summed E-state index contributed by atoms with van der Waals surface area (Å²) < 4.78 is 44.3. The van der Waals surface area contributed by atoms with Gasteiger partial charge in [0.2, 0.25) is 10.0 Å². The van der Waals surface area contributed by atoms with Crippen LogP contribution in [-0.2, 0) is 14.8 Å². The molecular formula is C17H16ClFN2O4S. The number of nitrogens with one attached hydrogen (secondary N) is 1. The molecule has 0 unspecified atom stereocenters. The van der Waals surface area contributed by atoms with Crippen molar-refractivity contribution in [3.63, 3.8) is 0 Å². The number of halogens is 2. The number of benzene rings is 2. The smallest absolute Gasteiger partial charge is 0.275 e. The summed E-state index contributed by atoms with van der Waals surface area (Å²) in [4.78, 5) is 14.2. The summed E-state index contributed by atoms with van der Waals surface area (Å²) in [7, 11) is -3.55. The number of anilines is 3. The van der Waals surface area contributed by atoms with E-state index in [4.69, 9.17) is 16.3 Å². The van der Waals surface area contributed by atoms with E-state index >= 15 is 0 Å². The molecule has 1 amide bonds. The molecule has 0 aliphatic carbocycles. The van der Waals surface area contributed by atoms with Gasteiger partial charge in [-0.1, -0.05) is 11.6 Å². The van der Waals surface area contributed by atoms with Crippen molar-refractivity contribution in [1.29, 1.82) is 0 Å². The minimum atomic E-state index is -3.55. The number of nitrogens with zero attached hydrogens (tertiary/aromatic N) is 1. The molecule has 0 spiro atoms. The van der Waals surface area contributed by atoms with Crippen molar-refractivity contribution >= 4 is 44.6 Å². The van der Waals surface area contributed by atoms with Gasteiger partial charge in [-0.2, -0.15) is 0 Å². The van der Waals surface area contributed by atoms with E-state index in [1.807, 2.05) is 0 Å². The van der Waals surface area contributed by atoms with E-state index in [1.54, 1.807) is 13.8 Å². The Bertz CT molecular complexity index is 991. The zero-order chi connectivity index (χ0) is 19.3. The van der Waals surface area contributed by atoms with Crippen molar-refractivity contribution in [2.45, 2.75) is 19.4 Å². The van der Waals surface area contributed by atoms with Crippen LogP contribution >= 0.6 is 11.6 Å². The SMILES string of the molecule is CC1(C)Oc2cc(NS(C)(=O)=O)c(Cl)cc2N(c2ccc(F)cc2)C1=O. The van der Waals surface area contributed by atoms with Crippen molar-refractivity contribution in [1.82, 2.24) is 0 Å². The molecule has 1 aliphatic heterocycles. The fraction of sp³-hybridized carbons (Fsp3) is 0.235. The van der Waals surface area contributed by atoms with Crippen LogP contribution in [-0.4, -0.2) is 26.2 Å². The number of amides is 1. The Morgan fingerprint density at radius 2 is 1.81 bits per heavy atom. The maximum absolute atomic E-state index is 13.3. The maximum Gasteiger partial charge on any atom is 0.275 e. The van der Waals surface area contributed by atoms with Crippen molar-refractivity contribution < 1.29 is 22.3 Å². The Hall–Kier alpha value is -2.32. The van der Waals surface area contributed by atoms with E-state index < -0.39 is 21.4 Å². The summed E-state index contributed by atoms with van der Waals surface area (Å²) in [6.45, 7) is 3.18. The monoisotopic (exact) mass is 398 g/mol. The number of carbonyl (C=O) groups is 1. The summed E-state index contributed by atoms with van der Waals surface area (Å²) in [5.74, 6) is -0.523. The quantitative estimate of drug-likeness (QED) is 0.855. The molecule has 0 fully saturated rings. The zero-order valence-electron chi connectivity index (χ0n) is 14.2. The van der Waals surface area contributed by atoms with Gasteiger partial charge < -0.3 is 4.74 Å². The molecule has 138 valence electrons. The van der Waals surface area contributed by atoms with Gasteiger partial charge in [-0.05, 0) is 44.2 Å². The van der Waals surface area contributed by atoms with Crippen LogP contribution in [0.15, 0.2) is 36.4 Å². The molecule has 0 saturated heterocycles. The van der Waals surface area contributed by atoms with E-state index in [1.165, 1.54) is 41.3 Å². The fourth-order valence-corrected chi connectivity index (χ4v) is 3.45. The van der Waals surface area contributed by atoms with Gasteiger partial charge in [0.25, 0.3) is 5.91 Å². The summed E-state index contributed by atoms with van der Waals surface area (Å²) in [5, 5.41) is 0.0948. The summed E-state index contributed by atoms with van der Waals surface area (Å²) >= 11 is 6.18. The highest BCUT2D eigenvalue weighted by Gasteiger charge is 2.42. The summed E-state index contributed by atoms with van der Waals surface area (Å²) in [6, 6.07) is 8.27. The predicted molar refractivity (Wildman–Crippen MR) is 98.2 cm³/mol. The Balaban J connectivity index is 2.18. The zero-order valence-corrected chi connectivity index (χ0v) is 15.8. The minimum absolute atomic E-state index is 0.0948. The fourth-order valence-electron chi connectivity index (χ4n) is 2.62. The van der Waals surface area contributed by atoms with Crippen LogP contribution < -0.4 is 14.4 Å². The topological polar surface area (TPSA) is 75.7 Å². The molecule has 0 radical (unpaired) electrons. The van der Waals surface area contributed by atoms with Gasteiger partial charge in [0, 0.05) is 11.8 Å².